The van der Waals surface area contributed by atoms with Crippen LogP contribution in [0.5, 0.6) is 0 Å². The molecule has 0 heterocycles. The number of amides is 2. The maximum atomic E-state index is 12.3. The fraction of sp³-hybridized carbons (Fsp3) is 0.882. The van der Waals surface area contributed by atoms with Crippen LogP contribution in [0.2, 0.25) is 0 Å². The molecule has 1 rings (SSSR count). The summed E-state index contributed by atoms with van der Waals surface area (Å²) in [5.74, 6) is 1.20. The minimum absolute atomic E-state index is 0.0238. The lowest BCUT2D eigenvalue weighted by molar-refractivity contribution is -0.126. The second-order valence-corrected chi connectivity index (χ2v) is 6.97. The Bertz CT molecular complexity index is 371. The van der Waals surface area contributed by atoms with Crippen molar-refractivity contribution in [3.8, 4) is 0 Å². The molecule has 0 aromatic heterocycles. The molecule has 1 aliphatic rings. The van der Waals surface area contributed by atoms with Gasteiger partial charge >= 0.3 is 0 Å². The second-order valence-electron chi connectivity index (χ2n) is 6.97. The van der Waals surface area contributed by atoms with Crippen LogP contribution in [0.3, 0.4) is 0 Å². The smallest absolute Gasteiger partial charge is 0.234 e. The number of hydrogen-bond donors (Lipinski definition) is 2. The van der Waals surface area contributed by atoms with Crippen LogP contribution in [0.4, 0.5) is 0 Å². The van der Waals surface area contributed by atoms with Gasteiger partial charge in [-0.25, -0.2) is 0 Å². The molecule has 0 aliphatic heterocycles. The number of nitrogens with zero attached hydrogens (tertiary/aromatic N) is 1. The van der Waals surface area contributed by atoms with Gasteiger partial charge in [-0.05, 0) is 38.6 Å². The van der Waals surface area contributed by atoms with Crippen molar-refractivity contribution in [1.29, 1.82) is 0 Å². The van der Waals surface area contributed by atoms with E-state index in [-0.39, 0.29) is 30.4 Å². The minimum atomic E-state index is -0.0238. The zero-order valence-corrected chi connectivity index (χ0v) is 14.8. The Morgan fingerprint density at radius 1 is 1.14 bits per heavy atom. The highest BCUT2D eigenvalue weighted by atomic mass is 16.2. The van der Waals surface area contributed by atoms with E-state index in [9.17, 15) is 9.59 Å². The highest BCUT2D eigenvalue weighted by molar-refractivity contribution is 5.81. The number of nitrogens with one attached hydrogen (secondary N) is 2. The summed E-state index contributed by atoms with van der Waals surface area (Å²) >= 11 is 0. The van der Waals surface area contributed by atoms with E-state index in [4.69, 9.17) is 0 Å². The van der Waals surface area contributed by atoms with E-state index in [1.807, 2.05) is 25.7 Å². The number of hydrogen-bond acceptors (Lipinski definition) is 3. The molecule has 0 saturated heterocycles. The molecule has 0 bridgehead atoms. The van der Waals surface area contributed by atoms with E-state index in [0.717, 1.165) is 6.42 Å². The summed E-state index contributed by atoms with van der Waals surface area (Å²) in [6, 6.07) is 0.407. The summed E-state index contributed by atoms with van der Waals surface area (Å²) in [6.45, 7) is 11.6. The summed E-state index contributed by atoms with van der Waals surface area (Å²) in [5, 5.41) is 6.03. The molecule has 0 aromatic rings. The highest BCUT2D eigenvalue weighted by Crippen LogP contribution is 2.29. The Kier molecular flexibility index (Phi) is 7.87. The highest BCUT2D eigenvalue weighted by Gasteiger charge is 2.28. The van der Waals surface area contributed by atoms with Crippen LogP contribution in [0.15, 0.2) is 0 Å². The summed E-state index contributed by atoms with van der Waals surface area (Å²) in [5.41, 5.74) is 0. The Hall–Kier alpha value is -1.10. The standard InChI is InChI=1S/C17H33N3O2/c1-6-20(10-16(21)18-12(2)3)11-17(22)19-15-9-7-8-13(4)14(15)5/h12-15H,6-11H2,1-5H3,(H,18,21)(H,19,22)/t13-,14-,15+/m0/s1. The first-order valence-corrected chi connectivity index (χ1v) is 8.64. The average Bonchev–Trinajstić information content (AvgIpc) is 2.42. The third-order valence-corrected chi connectivity index (χ3v) is 4.68. The van der Waals surface area contributed by atoms with Crippen LogP contribution in [0, 0.1) is 11.8 Å². The number of carbonyl (C=O) groups is 2. The molecule has 1 saturated carbocycles. The van der Waals surface area contributed by atoms with Gasteiger partial charge in [-0.1, -0.05) is 33.6 Å². The van der Waals surface area contributed by atoms with Gasteiger partial charge in [-0.3, -0.25) is 14.5 Å². The van der Waals surface area contributed by atoms with Crippen LogP contribution >= 0.6 is 0 Å². The fourth-order valence-electron chi connectivity index (χ4n) is 3.09. The Morgan fingerprint density at radius 2 is 1.77 bits per heavy atom. The van der Waals surface area contributed by atoms with Gasteiger partial charge < -0.3 is 10.6 Å². The van der Waals surface area contributed by atoms with E-state index in [1.165, 1.54) is 12.8 Å². The Labute approximate surface area is 135 Å². The van der Waals surface area contributed by atoms with E-state index in [2.05, 4.69) is 24.5 Å². The van der Waals surface area contributed by atoms with Crippen LogP contribution in [-0.4, -0.2) is 48.4 Å². The molecule has 0 radical (unpaired) electrons. The maximum Gasteiger partial charge on any atom is 0.234 e. The van der Waals surface area contributed by atoms with E-state index in [1.54, 1.807) is 0 Å². The van der Waals surface area contributed by atoms with Crippen molar-refractivity contribution in [1.82, 2.24) is 15.5 Å². The van der Waals surface area contributed by atoms with Crippen molar-refractivity contribution in [3.05, 3.63) is 0 Å². The number of carbonyl (C=O) groups excluding carboxylic acids is 2. The van der Waals surface area contributed by atoms with Crippen molar-refractivity contribution in [2.45, 2.75) is 66.0 Å². The molecule has 2 N–H and O–H groups in total. The van der Waals surface area contributed by atoms with Crippen molar-refractivity contribution in [2.75, 3.05) is 19.6 Å². The molecule has 5 heteroatoms. The summed E-state index contributed by atoms with van der Waals surface area (Å²) < 4.78 is 0. The fourth-order valence-corrected chi connectivity index (χ4v) is 3.09. The summed E-state index contributed by atoms with van der Waals surface area (Å²) in [6.07, 6.45) is 3.51. The quantitative estimate of drug-likeness (QED) is 0.753. The molecule has 1 aliphatic carbocycles. The lowest BCUT2D eigenvalue weighted by atomic mass is 9.78. The third-order valence-electron chi connectivity index (χ3n) is 4.68. The summed E-state index contributed by atoms with van der Waals surface area (Å²) in [7, 11) is 0. The van der Waals surface area contributed by atoms with Crippen molar-refractivity contribution in [2.24, 2.45) is 11.8 Å². The van der Waals surface area contributed by atoms with Crippen molar-refractivity contribution >= 4 is 11.8 Å². The van der Waals surface area contributed by atoms with Crippen molar-refractivity contribution in [3.63, 3.8) is 0 Å². The van der Waals surface area contributed by atoms with Gasteiger partial charge in [0.05, 0.1) is 13.1 Å². The van der Waals surface area contributed by atoms with Crippen LogP contribution in [0.1, 0.15) is 53.9 Å². The van der Waals surface area contributed by atoms with E-state index in [0.29, 0.717) is 24.9 Å². The second kappa shape index (κ2) is 9.13. The molecule has 0 unspecified atom stereocenters. The molecule has 2 amide bonds. The first kappa shape index (κ1) is 18.9. The van der Waals surface area contributed by atoms with Gasteiger partial charge in [-0.2, -0.15) is 0 Å². The third kappa shape index (κ3) is 6.34. The van der Waals surface area contributed by atoms with E-state index < -0.39 is 0 Å². The largest absolute Gasteiger partial charge is 0.353 e. The summed E-state index contributed by atoms with van der Waals surface area (Å²) in [4.78, 5) is 25.9. The zero-order valence-electron chi connectivity index (χ0n) is 14.8. The van der Waals surface area contributed by atoms with Gasteiger partial charge in [0, 0.05) is 12.1 Å². The normalized spacial score (nSPS) is 25.3. The molecule has 1 fully saturated rings. The first-order valence-electron chi connectivity index (χ1n) is 8.64. The SMILES string of the molecule is CCN(CC(=O)NC(C)C)CC(=O)N[C@@H]1CCC[C@H](C)[C@@H]1C. The lowest BCUT2D eigenvalue weighted by Gasteiger charge is -2.35. The number of likely N-dealkylation sites (N-methyl/N-ethyl adjacent to an activating group) is 1. The van der Waals surface area contributed by atoms with Crippen LogP contribution in [0.25, 0.3) is 0 Å². The van der Waals surface area contributed by atoms with Gasteiger partial charge in [-0.15, -0.1) is 0 Å². The van der Waals surface area contributed by atoms with Gasteiger partial charge in [0.25, 0.3) is 0 Å². The monoisotopic (exact) mass is 311 g/mol. The number of rotatable bonds is 7. The van der Waals surface area contributed by atoms with E-state index >= 15 is 0 Å². The molecule has 128 valence electrons. The van der Waals surface area contributed by atoms with Crippen molar-refractivity contribution < 1.29 is 9.59 Å². The zero-order chi connectivity index (χ0) is 16.7. The van der Waals surface area contributed by atoms with Crippen LogP contribution < -0.4 is 10.6 Å². The molecular formula is C17H33N3O2. The predicted molar refractivity (Wildman–Crippen MR) is 89.5 cm³/mol. The minimum Gasteiger partial charge on any atom is -0.353 e. The van der Waals surface area contributed by atoms with Crippen LogP contribution in [-0.2, 0) is 9.59 Å². The topological polar surface area (TPSA) is 61.4 Å². The molecule has 0 aromatic carbocycles. The molecule has 3 atom stereocenters. The Balaban J connectivity index is 2.42. The molecule has 0 spiro atoms. The molecule has 22 heavy (non-hydrogen) atoms. The van der Waals surface area contributed by atoms with Gasteiger partial charge in [0.15, 0.2) is 0 Å². The predicted octanol–water partition coefficient (Wildman–Crippen LogP) is 1.77. The van der Waals surface area contributed by atoms with Gasteiger partial charge in [0.1, 0.15) is 0 Å². The average molecular weight is 311 g/mol. The maximum absolute atomic E-state index is 12.3. The first-order chi connectivity index (χ1) is 10.3. The Morgan fingerprint density at radius 3 is 2.36 bits per heavy atom. The lowest BCUT2D eigenvalue weighted by Crippen LogP contribution is -2.49. The molecular weight excluding hydrogens is 278 g/mol. The van der Waals surface area contributed by atoms with Gasteiger partial charge in [0.2, 0.25) is 11.8 Å². The molecule has 5 nitrogen and oxygen atoms in total.